The van der Waals surface area contributed by atoms with Crippen molar-refractivity contribution in [1.29, 1.82) is 0 Å². The highest BCUT2D eigenvalue weighted by Crippen LogP contribution is 2.29. The molecular formula is C25H24ClNO4. The SMILES string of the molecule is CCOC(=O)c1ccc(N(Cc2ccc(Cl)cc2)c2ccc(C(=O)OCC)cc2)cc1. The zero-order chi connectivity index (χ0) is 22.2. The number of hydrogen-bond donors (Lipinski definition) is 0. The number of halogens is 1. The summed E-state index contributed by atoms with van der Waals surface area (Å²) in [5.41, 5.74) is 3.84. The topological polar surface area (TPSA) is 55.8 Å². The summed E-state index contributed by atoms with van der Waals surface area (Å²) < 4.78 is 10.1. The number of rotatable bonds is 8. The van der Waals surface area contributed by atoms with Crippen molar-refractivity contribution >= 4 is 34.9 Å². The van der Waals surface area contributed by atoms with Crippen molar-refractivity contribution in [2.24, 2.45) is 0 Å². The van der Waals surface area contributed by atoms with Crippen molar-refractivity contribution in [2.45, 2.75) is 20.4 Å². The Kier molecular flexibility index (Phi) is 7.68. The van der Waals surface area contributed by atoms with E-state index in [1.165, 1.54) is 0 Å². The van der Waals surface area contributed by atoms with E-state index in [-0.39, 0.29) is 11.9 Å². The maximum absolute atomic E-state index is 12.0. The van der Waals surface area contributed by atoms with E-state index in [0.717, 1.165) is 16.9 Å². The molecule has 0 N–H and O–H groups in total. The number of carbonyl (C=O) groups is 2. The molecule has 0 unspecified atom stereocenters. The molecule has 0 radical (unpaired) electrons. The highest BCUT2D eigenvalue weighted by Gasteiger charge is 2.14. The molecule has 0 atom stereocenters. The van der Waals surface area contributed by atoms with Crippen LogP contribution in [0.5, 0.6) is 0 Å². The molecular weight excluding hydrogens is 414 g/mol. The van der Waals surface area contributed by atoms with Crippen LogP contribution in [0.3, 0.4) is 0 Å². The molecule has 0 amide bonds. The van der Waals surface area contributed by atoms with Gasteiger partial charge in [0.2, 0.25) is 0 Å². The van der Waals surface area contributed by atoms with Crippen molar-refractivity contribution in [2.75, 3.05) is 18.1 Å². The van der Waals surface area contributed by atoms with Crippen LogP contribution in [0.1, 0.15) is 40.1 Å². The lowest BCUT2D eigenvalue weighted by Gasteiger charge is -2.26. The van der Waals surface area contributed by atoms with Gasteiger partial charge >= 0.3 is 11.9 Å². The number of benzene rings is 3. The average Bonchev–Trinajstić information content (AvgIpc) is 2.79. The number of carbonyl (C=O) groups excluding carboxylic acids is 2. The Labute approximate surface area is 187 Å². The fourth-order valence-corrected chi connectivity index (χ4v) is 3.21. The van der Waals surface area contributed by atoms with Gasteiger partial charge in [0.1, 0.15) is 0 Å². The maximum Gasteiger partial charge on any atom is 0.338 e. The molecule has 0 aromatic heterocycles. The van der Waals surface area contributed by atoms with E-state index in [0.29, 0.717) is 35.9 Å². The molecule has 160 valence electrons. The Morgan fingerprint density at radius 3 is 1.52 bits per heavy atom. The number of ether oxygens (including phenoxy) is 2. The van der Waals surface area contributed by atoms with Gasteiger partial charge in [0.05, 0.1) is 24.3 Å². The fraction of sp³-hybridized carbons (Fsp3) is 0.200. The third-order valence-corrected chi connectivity index (χ3v) is 4.89. The smallest absolute Gasteiger partial charge is 0.338 e. The van der Waals surface area contributed by atoms with E-state index >= 15 is 0 Å². The predicted molar refractivity (Wildman–Crippen MR) is 122 cm³/mol. The van der Waals surface area contributed by atoms with Gasteiger partial charge in [-0.05, 0) is 80.1 Å². The minimum Gasteiger partial charge on any atom is -0.462 e. The number of esters is 2. The summed E-state index contributed by atoms with van der Waals surface area (Å²) in [6.07, 6.45) is 0. The number of hydrogen-bond acceptors (Lipinski definition) is 5. The van der Waals surface area contributed by atoms with Gasteiger partial charge in [0, 0.05) is 22.9 Å². The Bertz CT molecular complexity index is 953. The Hall–Kier alpha value is -3.31. The van der Waals surface area contributed by atoms with E-state index in [1.54, 1.807) is 38.1 Å². The van der Waals surface area contributed by atoms with Gasteiger partial charge < -0.3 is 14.4 Å². The maximum atomic E-state index is 12.0. The van der Waals surface area contributed by atoms with Crippen molar-refractivity contribution in [3.05, 3.63) is 94.5 Å². The summed E-state index contributed by atoms with van der Waals surface area (Å²) in [5, 5.41) is 0.674. The lowest BCUT2D eigenvalue weighted by Crippen LogP contribution is -2.17. The van der Waals surface area contributed by atoms with Crippen LogP contribution in [0.2, 0.25) is 5.02 Å². The van der Waals surface area contributed by atoms with E-state index in [2.05, 4.69) is 4.90 Å². The quantitative estimate of drug-likeness (QED) is 0.402. The first-order valence-electron chi connectivity index (χ1n) is 10.1. The molecule has 0 saturated carbocycles. The minimum absolute atomic E-state index is 0.329. The van der Waals surface area contributed by atoms with Crippen LogP contribution < -0.4 is 4.90 Å². The molecule has 6 heteroatoms. The molecule has 0 fully saturated rings. The van der Waals surface area contributed by atoms with Crippen LogP contribution in [-0.4, -0.2) is 25.2 Å². The minimum atomic E-state index is -0.350. The lowest BCUT2D eigenvalue weighted by molar-refractivity contribution is 0.0517. The van der Waals surface area contributed by atoms with Gasteiger partial charge in [-0.3, -0.25) is 0 Å². The van der Waals surface area contributed by atoms with Gasteiger partial charge in [0.15, 0.2) is 0 Å². The van der Waals surface area contributed by atoms with Gasteiger partial charge in [0.25, 0.3) is 0 Å². The van der Waals surface area contributed by atoms with Gasteiger partial charge in [-0.25, -0.2) is 9.59 Å². The van der Waals surface area contributed by atoms with E-state index < -0.39 is 0 Å². The van der Waals surface area contributed by atoms with Crippen LogP contribution in [0.25, 0.3) is 0 Å². The second-order valence-corrected chi connectivity index (χ2v) is 7.18. The zero-order valence-electron chi connectivity index (χ0n) is 17.5. The summed E-state index contributed by atoms with van der Waals surface area (Å²) in [6, 6.07) is 22.1. The lowest BCUT2D eigenvalue weighted by atomic mass is 10.1. The van der Waals surface area contributed by atoms with Crippen LogP contribution in [0, 0.1) is 0 Å². The molecule has 3 rings (SSSR count). The Balaban J connectivity index is 1.92. The van der Waals surface area contributed by atoms with Crippen LogP contribution in [0.15, 0.2) is 72.8 Å². The highest BCUT2D eigenvalue weighted by atomic mass is 35.5. The van der Waals surface area contributed by atoms with Crippen LogP contribution in [-0.2, 0) is 16.0 Å². The molecule has 3 aromatic carbocycles. The summed E-state index contributed by atoms with van der Waals surface area (Å²) in [6.45, 7) is 4.79. The Morgan fingerprint density at radius 1 is 0.710 bits per heavy atom. The third-order valence-electron chi connectivity index (χ3n) is 4.63. The zero-order valence-corrected chi connectivity index (χ0v) is 18.3. The summed E-state index contributed by atoms with van der Waals surface area (Å²) in [4.78, 5) is 26.1. The first-order valence-corrected chi connectivity index (χ1v) is 10.5. The Morgan fingerprint density at radius 2 is 1.13 bits per heavy atom. The molecule has 0 aliphatic carbocycles. The molecule has 3 aromatic rings. The summed E-state index contributed by atoms with van der Waals surface area (Å²) in [5.74, 6) is -0.700. The molecule has 0 bridgehead atoms. The van der Waals surface area contributed by atoms with E-state index in [4.69, 9.17) is 21.1 Å². The van der Waals surface area contributed by atoms with E-state index in [9.17, 15) is 9.59 Å². The van der Waals surface area contributed by atoms with Crippen molar-refractivity contribution < 1.29 is 19.1 Å². The summed E-state index contributed by atoms with van der Waals surface area (Å²) in [7, 11) is 0. The molecule has 0 spiro atoms. The fourth-order valence-electron chi connectivity index (χ4n) is 3.09. The predicted octanol–water partition coefficient (Wildman–Crippen LogP) is 6.03. The van der Waals surface area contributed by atoms with Crippen molar-refractivity contribution in [3.63, 3.8) is 0 Å². The first kappa shape index (κ1) is 22.4. The molecule has 0 aliphatic rings. The molecule has 0 aliphatic heterocycles. The second-order valence-electron chi connectivity index (χ2n) is 6.75. The standard InChI is InChI=1S/C25H24ClNO4/c1-3-30-24(28)19-7-13-22(14-8-19)27(17-18-5-11-21(26)12-6-18)23-15-9-20(10-16-23)25(29)31-4-2/h5-16H,3-4,17H2,1-2H3. The third kappa shape index (κ3) is 5.86. The number of nitrogens with zero attached hydrogens (tertiary/aromatic N) is 1. The van der Waals surface area contributed by atoms with Crippen molar-refractivity contribution in [1.82, 2.24) is 0 Å². The molecule has 31 heavy (non-hydrogen) atoms. The van der Waals surface area contributed by atoms with E-state index in [1.807, 2.05) is 48.5 Å². The first-order chi connectivity index (χ1) is 15.0. The highest BCUT2D eigenvalue weighted by molar-refractivity contribution is 6.30. The average molecular weight is 438 g/mol. The van der Waals surface area contributed by atoms with Crippen LogP contribution >= 0.6 is 11.6 Å². The molecule has 5 nitrogen and oxygen atoms in total. The van der Waals surface area contributed by atoms with Gasteiger partial charge in [-0.2, -0.15) is 0 Å². The van der Waals surface area contributed by atoms with Crippen LogP contribution in [0.4, 0.5) is 11.4 Å². The number of anilines is 2. The largest absolute Gasteiger partial charge is 0.462 e. The van der Waals surface area contributed by atoms with Gasteiger partial charge in [-0.1, -0.05) is 23.7 Å². The normalized spacial score (nSPS) is 10.4. The second kappa shape index (κ2) is 10.6. The van der Waals surface area contributed by atoms with Gasteiger partial charge in [-0.15, -0.1) is 0 Å². The van der Waals surface area contributed by atoms with Crippen molar-refractivity contribution in [3.8, 4) is 0 Å². The molecule has 0 saturated heterocycles. The molecule has 0 heterocycles. The summed E-state index contributed by atoms with van der Waals surface area (Å²) >= 11 is 6.03. The monoisotopic (exact) mass is 437 g/mol.